The van der Waals surface area contributed by atoms with Gasteiger partial charge in [-0.25, -0.2) is 9.07 Å². The van der Waals surface area contributed by atoms with E-state index in [1.807, 2.05) is 46.8 Å². The lowest BCUT2D eigenvalue weighted by Gasteiger charge is -2.36. The maximum atomic E-state index is 13.1. The van der Waals surface area contributed by atoms with Crippen LogP contribution in [-0.2, 0) is 0 Å². The van der Waals surface area contributed by atoms with Crippen LogP contribution >= 0.6 is 0 Å². The number of anilines is 1. The third-order valence-electron chi connectivity index (χ3n) is 5.23. The van der Waals surface area contributed by atoms with E-state index < -0.39 is 0 Å². The van der Waals surface area contributed by atoms with Crippen molar-refractivity contribution in [3.63, 3.8) is 0 Å². The second kappa shape index (κ2) is 7.46. The summed E-state index contributed by atoms with van der Waals surface area (Å²) in [6.45, 7) is 6.86. The Bertz CT molecular complexity index is 974. The fraction of sp³-hybridized carbons (Fsp3) is 0.273. The highest BCUT2D eigenvalue weighted by atomic mass is 19.1. The molecule has 0 N–H and O–H groups in total. The van der Waals surface area contributed by atoms with E-state index >= 15 is 0 Å². The van der Waals surface area contributed by atoms with Gasteiger partial charge >= 0.3 is 0 Å². The lowest BCUT2D eigenvalue weighted by atomic mass is 10.1. The molecule has 6 heteroatoms. The molecule has 0 atom stereocenters. The van der Waals surface area contributed by atoms with Gasteiger partial charge in [-0.1, -0.05) is 18.2 Å². The van der Waals surface area contributed by atoms with Crippen LogP contribution in [-0.4, -0.2) is 46.8 Å². The van der Waals surface area contributed by atoms with Gasteiger partial charge in [0.2, 0.25) is 0 Å². The van der Waals surface area contributed by atoms with Gasteiger partial charge in [0.25, 0.3) is 5.91 Å². The SMILES string of the molecule is Cc1nn(-c2ccccc2)c(C)c1N1CCN(C(=O)c2ccc(F)cc2)CC1. The summed E-state index contributed by atoms with van der Waals surface area (Å²) in [5, 5.41) is 4.72. The monoisotopic (exact) mass is 378 g/mol. The molecule has 0 spiro atoms. The molecule has 1 saturated heterocycles. The molecular formula is C22H23FN4O. The Balaban J connectivity index is 1.49. The van der Waals surface area contributed by atoms with E-state index in [1.54, 1.807) is 12.1 Å². The predicted molar refractivity (Wildman–Crippen MR) is 108 cm³/mol. The van der Waals surface area contributed by atoms with Gasteiger partial charge in [0.1, 0.15) is 5.82 Å². The number of halogens is 1. The number of hydrogen-bond acceptors (Lipinski definition) is 3. The van der Waals surface area contributed by atoms with Crippen LogP contribution in [0.1, 0.15) is 21.7 Å². The average Bonchev–Trinajstić information content (AvgIpc) is 3.03. The highest BCUT2D eigenvalue weighted by molar-refractivity contribution is 5.94. The Kier molecular flexibility index (Phi) is 4.86. The Labute approximate surface area is 164 Å². The number of carbonyl (C=O) groups is 1. The highest BCUT2D eigenvalue weighted by Gasteiger charge is 2.26. The molecular weight excluding hydrogens is 355 g/mol. The fourth-order valence-corrected chi connectivity index (χ4v) is 3.82. The standard InChI is InChI=1S/C22H23FN4O/c1-16-21(17(2)27(24-16)20-6-4-3-5-7-20)25-12-14-26(15-13-25)22(28)18-8-10-19(23)11-9-18/h3-11H,12-15H2,1-2H3. The molecule has 5 nitrogen and oxygen atoms in total. The fourth-order valence-electron chi connectivity index (χ4n) is 3.82. The van der Waals surface area contributed by atoms with Crippen LogP contribution in [0.4, 0.5) is 10.1 Å². The van der Waals surface area contributed by atoms with Crippen molar-refractivity contribution in [2.75, 3.05) is 31.1 Å². The molecule has 1 fully saturated rings. The summed E-state index contributed by atoms with van der Waals surface area (Å²) in [6.07, 6.45) is 0. The van der Waals surface area contributed by atoms with Crippen molar-refractivity contribution in [1.29, 1.82) is 0 Å². The Hall–Kier alpha value is -3.15. The van der Waals surface area contributed by atoms with E-state index in [-0.39, 0.29) is 11.7 Å². The molecule has 3 aromatic rings. The normalized spacial score (nSPS) is 14.4. The quantitative estimate of drug-likeness (QED) is 0.699. The Morgan fingerprint density at radius 3 is 2.21 bits per heavy atom. The zero-order chi connectivity index (χ0) is 19.7. The third kappa shape index (κ3) is 3.38. The molecule has 1 aliphatic rings. The average molecular weight is 378 g/mol. The van der Waals surface area contributed by atoms with Crippen LogP contribution in [0.3, 0.4) is 0 Å². The summed E-state index contributed by atoms with van der Waals surface area (Å²) < 4.78 is 15.1. The summed E-state index contributed by atoms with van der Waals surface area (Å²) >= 11 is 0. The topological polar surface area (TPSA) is 41.4 Å². The van der Waals surface area contributed by atoms with Crippen molar-refractivity contribution < 1.29 is 9.18 Å². The van der Waals surface area contributed by atoms with Gasteiger partial charge in [-0.15, -0.1) is 0 Å². The van der Waals surface area contributed by atoms with Gasteiger partial charge in [-0.3, -0.25) is 4.79 Å². The number of piperazine rings is 1. The first kappa shape index (κ1) is 18.2. The van der Waals surface area contributed by atoms with E-state index in [4.69, 9.17) is 5.10 Å². The van der Waals surface area contributed by atoms with E-state index in [0.29, 0.717) is 18.7 Å². The van der Waals surface area contributed by atoms with Crippen LogP contribution in [0.5, 0.6) is 0 Å². The molecule has 0 unspecified atom stereocenters. The van der Waals surface area contributed by atoms with Gasteiger partial charge in [-0.2, -0.15) is 5.10 Å². The molecule has 1 amide bonds. The van der Waals surface area contributed by atoms with Gasteiger partial charge in [0, 0.05) is 31.7 Å². The summed E-state index contributed by atoms with van der Waals surface area (Å²) in [5.41, 5.74) is 4.79. The lowest BCUT2D eigenvalue weighted by molar-refractivity contribution is 0.0746. The van der Waals surface area contributed by atoms with Crippen LogP contribution in [0.25, 0.3) is 5.69 Å². The molecule has 4 rings (SSSR count). The van der Waals surface area contributed by atoms with Crippen molar-refractivity contribution >= 4 is 11.6 Å². The van der Waals surface area contributed by atoms with Crippen LogP contribution < -0.4 is 4.90 Å². The van der Waals surface area contributed by atoms with Gasteiger partial charge < -0.3 is 9.80 Å². The number of nitrogens with zero attached hydrogens (tertiary/aromatic N) is 4. The first-order valence-electron chi connectivity index (χ1n) is 9.46. The minimum atomic E-state index is -0.331. The zero-order valence-electron chi connectivity index (χ0n) is 16.1. The number of hydrogen-bond donors (Lipinski definition) is 0. The molecule has 0 aliphatic carbocycles. The van der Waals surface area contributed by atoms with Crippen molar-refractivity contribution in [3.8, 4) is 5.69 Å². The first-order valence-corrected chi connectivity index (χ1v) is 9.46. The summed E-state index contributed by atoms with van der Waals surface area (Å²) in [7, 11) is 0. The van der Waals surface area contributed by atoms with Gasteiger partial charge in [-0.05, 0) is 50.2 Å². The molecule has 1 aromatic heterocycles. The minimum Gasteiger partial charge on any atom is -0.365 e. The summed E-state index contributed by atoms with van der Waals surface area (Å²) in [5.74, 6) is -0.379. The van der Waals surface area contributed by atoms with Crippen LogP contribution in [0.15, 0.2) is 54.6 Å². The molecule has 0 bridgehead atoms. The van der Waals surface area contributed by atoms with Crippen molar-refractivity contribution in [2.45, 2.75) is 13.8 Å². The van der Waals surface area contributed by atoms with Crippen LogP contribution in [0, 0.1) is 19.7 Å². The van der Waals surface area contributed by atoms with Crippen molar-refractivity contribution in [3.05, 3.63) is 77.4 Å². The highest BCUT2D eigenvalue weighted by Crippen LogP contribution is 2.28. The van der Waals surface area contributed by atoms with Crippen LogP contribution in [0.2, 0.25) is 0 Å². The minimum absolute atomic E-state index is 0.0481. The number of carbonyl (C=O) groups excluding carboxylic acids is 1. The third-order valence-corrected chi connectivity index (χ3v) is 5.23. The van der Waals surface area contributed by atoms with Crippen molar-refractivity contribution in [2.24, 2.45) is 0 Å². The molecule has 0 saturated carbocycles. The molecule has 2 heterocycles. The smallest absolute Gasteiger partial charge is 0.253 e. The maximum absolute atomic E-state index is 13.1. The van der Waals surface area contributed by atoms with E-state index in [2.05, 4.69) is 11.8 Å². The van der Waals surface area contributed by atoms with E-state index in [9.17, 15) is 9.18 Å². The first-order chi connectivity index (χ1) is 13.5. The zero-order valence-corrected chi connectivity index (χ0v) is 16.1. The second-order valence-corrected chi connectivity index (χ2v) is 7.05. The molecule has 2 aromatic carbocycles. The summed E-state index contributed by atoms with van der Waals surface area (Å²) in [6, 6.07) is 15.8. The molecule has 0 radical (unpaired) electrons. The van der Waals surface area contributed by atoms with E-state index in [0.717, 1.165) is 35.9 Å². The van der Waals surface area contributed by atoms with Gasteiger partial charge in [0.15, 0.2) is 0 Å². The second-order valence-electron chi connectivity index (χ2n) is 7.05. The molecule has 1 aliphatic heterocycles. The Morgan fingerprint density at radius 1 is 0.929 bits per heavy atom. The van der Waals surface area contributed by atoms with E-state index in [1.165, 1.54) is 12.1 Å². The molecule has 144 valence electrons. The number of rotatable bonds is 3. The maximum Gasteiger partial charge on any atom is 0.253 e. The number of amides is 1. The number of benzene rings is 2. The lowest BCUT2D eigenvalue weighted by Crippen LogP contribution is -2.49. The molecule has 28 heavy (non-hydrogen) atoms. The predicted octanol–water partition coefficient (Wildman–Crippen LogP) is 3.59. The van der Waals surface area contributed by atoms with Gasteiger partial charge in [0.05, 0.1) is 22.8 Å². The summed E-state index contributed by atoms with van der Waals surface area (Å²) in [4.78, 5) is 16.8. The number of aromatic nitrogens is 2. The number of para-hydroxylation sites is 1. The largest absolute Gasteiger partial charge is 0.365 e. The number of aryl methyl sites for hydroxylation is 1. The Morgan fingerprint density at radius 2 is 1.57 bits per heavy atom. The van der Waals surface area contributed by atoms with Crippen molar-refractivity contribution in [1.82, 2.24) is 14.7 Å².